The summed E-state index contributed by atoms with van der Waals surface area (Å²) in [6.07, 6.45) is 1.03. The highest BCUT2D eigenvalue weighted by Crippen LogP contribution is 2.26. The lowest BCUT2D eigenvalue weighted by Gasteiger charge is -2.08. The molecule has 0 aliphatic carbocycles. The zero-order valence-electron chi connectivity index (χ0n) is 11.8. The van der Waals surface area contributed by atoms with Crippen LogP contribution in [0.2, 0.25) is 0 Å². The molecule has 3 nitrogen and oxygen atoms in total. The van der Waals surface area contributed by atoms with Gasteiger partial charge in [0.25, 0.3) is 0 Å². The average molecular weight is 323 g/mol. The first kappa shape index (κ1) is 14.1. The SMILES string of the molecule is CCc1c(C)nn(Cc2ccc(OC)c(Br)c2)c1C. The molecule has 19 heavy (non-hydrogen) atoms. The molecule has 0 aliphatic rings. The fourth-order valence-electron chi connectivity index (χ4n) is 2.38. The Balaban J connectivity index is 2.29. The maximum absolute atomic E-state index is 5.25. The van der Waals surface area contributed by atoms with Gasteiger partial charge in [0.15, 0.2) is 0 Å². The van der Waals surface area contributed by atoms with Crippen LogP contribution in [0.3, 0.4) is 0 Å². The predicted octanol–water partition coefficient (Wildman–Crippen LogP) is 3.88. The van der Waals surface area contributed by atoms with Gasteiger partial charge in [0.2, 0.25) is 0 Å². The summed E-state index contributed by atoms with van der Waals surface area (Å²) in [6.45, 7) is 7.17. The summed E-state index contributed by atoms with van der Waals surface area (Å²) >= 11 is 3.52. The third kappa shape index (κ3) is 2.84. The molecule has 0 fully saturated rings. The lowest BCUT2D eigenvalue weighted by Crippen LogP contribution is -2.04. The molecule has 0 amide bonds. The Labute approximate surface area is 122 Å². The number of hydrogen-bond acceptors (Lipinski definition) is 2. The Kier molecular flexibility index (Phi) is 4.30. The molecule has 2 aromatic rings. The molecule has 0 atom stereocenters. The van der Waals surface area contributed by atoms with Gasteiger partial charge in [-0.05, 0) is 59.5 Å². The molecule has 0 N–H and O–H groups in total. The Hall–Kier alpha value is -1.29. The van der Waals surface area contributed by atoms with Gasteiger partial charge in [-0.1, -0.05) is 13.0 Å². The fourth-order valence-corrected chi connectivity index (χ4v) is 2.97. The van der Waals surface area contributed by atoms with Gasteiger partial charge in [-0.2, -0.15) is 5.10 Å². The highest BCUT2D eigenvalue weighted by molar-refractivity contribution is 9.10. The Morgan fingerprint density at radius 3 is 2.58 bits per heavy atom. The molecule has 2 rings (SSSR count). The minimum absolute atomic E-state index is 0.787. The van der Waals surface area contributed by atoms with E-state index in [2.05, 4.69) is 58.6 Å². The minimum atomic E-state index is 0.787. The van der Waals surface area contributed by atoms with E-state index in [-0.39, 0.29) is 0 Å². The molecule has 0 radical (unpaired) electrons. The lowest BCUT2D eigenvalue weighted by atomic mass is 10.1. The van der Waals surface area contributed by atoms with Gasteiger partial charge in [0, 0.05) is 5.69 Å². The number of benzene rings is 1. The number of halogens is 1. The molecule has 1 aromatic heterocycles. The van der Waals surface area contributed by atoms with E-state index in [9.17, 15) is 0 Å². The molecule has 4 heteroatoms. The molecule has 0 saturated carbocycles. The van der Waals surface area contributed by atoms with E-state index in [4.69, 9.17) is 4.74 Å². The Morgan fingerprint density at radius 2 is 2.05 bits per heavy atom. The van der Waals surface area contributed by atoms with E-state index >= 15 is 0 Å². The van der Waals surface area contributed by atoms with Crippen molar-refractivity contribution in [2.24, 2.45) is 0 Å². The number of rotatable bonds is 4. The van der Waals surface area contributed by atoms with Gasteiger partial charge in [-0.15, -0.1) is 0 Å². The van der Waals surface area contributed by atoms with Crippen molar-refractivity contribution in [1.82, 2.24) is 9.78 Å². The number of ether oxygens (including phenoxy) is 1. The maximum Gasteiger partial charge on any atom is 0.133 e. The van der Waals surface area contributed by atoms with Crippen molar-refractivity contribution in [3.8, 4) is 5.75 Å². The van der Waals surface area contributed by atoms with Gasteiger partial charge in [-0.3, -0.25) is 4.68 Å². The maximum atomic E-state index is 5.25. The zero-order chi connectivity index (χ0) is 14.0. The molecular weight excluding hydrogens is 304 g/mol. The first-order valence-electron chi connectivity index (χ1n) is 6.42. The second-order valence-corrected chi connectivity index (χ2v) is 5.48. The molecule has 0 saturated heterocycles. The zero-order valence-corrected chi connectivity index (χ0v) is 13.4. The van der Waals surface area contributed by atoms with Crippen LogP contribution in [0.15, 0.2) is 22.7 Å². The smallest absolute Gasteiger partial charge is 0.133 e. The summed E-state index contributed by atoms with van der Waals surface area (Å²) in [7, 11) is 1.67. The summed E-state index contributed by atoms with van der Waals surface area (Å²) in [5.41, 5.74) is 4.95. The van der Waals surface area contributed by atoms with Crippen LogP contribution in [0.1, 0.15) is 29.4 Å². The number of methoxy groups -OCH3 is 1. The molecular formula is C15H19BrN2O. The highest BCUT2D eigenvalue weighted by atomic mass is 79.9. The normalized spacial score (nSPS) is 10.8. The van der Waals surface area contributed by atoms with Crippen LogP contribution in [0.4, 0.5) is 0 Å². The van der Waals surface area contributed by atoms with Crippen LogP contribution >= 0.6 is 15.9 Å². The van der Waals surface area contributed by atoms with E-state index in [1.54, 1.807) is 7.11 Å². The van der Waals surface area contributed by atoms with Gasteiger partial charge in [0.1, 0.15) is 5.75 Å². The second-order valence-electron chi connectivity index (χ2n) is 4.63. The summed E-state index contributed by atoms with van der Waals surface area (Å²) in [5, 5.41) is 4.62. The molecule has 0 aliphatic heterocycles. The monoisotopic (exact) mass is 322 g/mol. The van der Waals surface area contributed by atoms with Crippen molar-refractivity contribution >= 4 is 15.9 Å². The van der Waals surface area contributed by atoms with Crippen molar-refractivity contribution in [2.45, 2.75) is 33.7 Å². The second kappa shape index (κ2) is 5.78. The average Bonchev–Trinajstić information content (AvgIpc) is 2.64. The first-order chi connectivity index (χ1) is 9.06. The van der Waals surface area contributed by atoms with Gasteiger partial charge < -0.3 is 4.74 Å². The molecule has 102 valence electrons. The molecule has 0 bridgehead atoms. The summed E-state index contributed by atoms with van der Waals surface area (Å²) in [4.78, 5) is 0. The van der Waals surface area contributed by atoms with E-state index in [1.807, 2.05) is 6.07 Å². The standard InChI is InChI=1S/C15H19BrN2O/c1-5-13-10(2)17-18(11(13)3)9-12-6-7-15(19-4)14(16)8-12/h6-8H,5,9H2,1-4H3. The van der Waals surface area contributed by atoms with Crippen molar-refractivity contribution < 1.29 is 4.74 Å². The fraction of sp³-hybridized carbons (Fsp3) is 0.400. The van der Waals surface area contributed by atoms with Crippen LogP contribution in [-0.4, -0.2) is 16.9 Å². The van der Waals surface area contributed by atoms with Crippen LogP contribution in [0, 0.1) is 13.8 Å². The quantitative estimate of drug-likeness (QED) is 0.854. The molecule has 1 aromatic carbocycles. The number of aromatic nitrogens is 2. The lowest BCUT2D eigenvalue weighted by molar-refractivity contribution is 0.412. The van der Waals surface area contributed by atoms with Gasteiger partial charge in [0.05, 0.1) is 23.8 Å². The number of nitrogens with zero attached hydrogens (tertiary/aromatic N) is 2. The van der Waals surface area contributed by atoms with E-state index in [0.29, 0.717) is 0 Å². The highest BCUT2D eigenvalue weighted by Gasteiger charge is 2.10. The van der Waals surface area contributed by atoms with E-state index < -0.39 is 0 Å². The summed E-state index contributed by atoms with van der Waals surface area (Å²) < 4.78 is 8.29. The minimum Gasteiger partial charge on any atom is -0.496 e. The van der Waals surface area contributed by atoms with Crippen molar-refractivity contribution in [3.63, 3.8) is 0 Å². The Morgan fingerprint density at radius 1 is 1.32 bits per heavy atom. The van der Waals surface area contributed by atoms with Gasteiger partial charge >= 0.3 is 0 Å². The summed E-state index contributed by atoms with van der Waals surface area (Å²) in [6, 6.07) is 6.14. The largest absolute Gasteiger partial charge is 0.496 e. The van der Waals surface area contributed by atoms with E-state index in [0.717, 1.165) is 28.9 Å². The number of aryl methyl sites for hydroxylation is 1. The Bertz CT molecular complexity index is 590. The molecule has 0 unspecified atom stereocenters. The molecule has 0 spiro atoms. The topological polar surface area (TPSA) is 27.1 Å². The first-order valence-corrected chi connectivity index (χ1v) is 7.21. The van der Waals surface area contributed by atoms with Crippen molar-refractivity contribution in [1.29, 1.82) is 0 Å². The van der Waals surface area contributed by atoms with Gasteiger partial charge in [-0.25, -0.2) is 0 Å². The number of hydrogen-bond donors (Lipinski definition) is 0. The predicted molar refractivity (Wildman–Crippen MR) is 80.9 cm³/mol. The van der Waals surface area contributed by atoms with Crippen LogP contribution < -0.4 is 4.74 Å². The van der Waals surface area contributed by atoms with Crippen molar-refractivity contribution in [2.75, 3.05) is 7.11 Å². The third-order valence-electron chi connectivity index (χ3n) is 3.43. The third-order valence-corrected chi connectivity index (χ3v) is 4.05. The molecule has 1 heterocycles. The summed E-state index contributed by atoms with van der Waals surface area (Å²) in [5.74, 6) is 0.853. The van der Waals surface area contributed by atoms with Crippen molar-refractivity contribution in [3.05, 3.63) is 45.2 Å². The van der Waals surface area contributed by atoms with Crippen LogP contribution in [-0.2, 0) is 13.0 Å². The van der Waals surface area contributed by atoms with Crippen LogP contribution in [0.25, 0.3) is 0 Å². The van der Waals surface area contributed by atoms with Crippen LogP contribution in [0.5, 0.6) is 5.75 Å². The van der Waals surface area contributed by atoms with E-state index in [1.165, 1.54) is 16.8 Å².